The van der Waals surface area contributed by atoms with E-state index in [-0.39, 0.29) is 32.7 Å². The molecule has 0 spiro atoms. The van der Waals surface area contributed by atoms with Gasteiger partial charge >= 0.3 is 0 Å². The first kappa shape index (κ1) is 19.2. The number of anilines is 1. The summed E-state index contributed by atoms with van der Waals surface area (Å²) in [6.45, 7) is 1.59. The second-order valence-electron chi connectivity index (χ2n) is 6.62. The van der Waals surface area contributed by atoms with E-state index in [1.165, 1.54) is 19.2 Å². The number of halogens is 4. The molecule has 146 valence electrons. The zero-order valence-corrected chi connectivity index (χ0v) is 16.6. The van der Waals surface area contributed by atoms with Crippen molar-refractivity contribution < 1.29 is 13.5 Å². The summed E-state index contributed by atoms with van der Waals surface area (Å²) >= 11 is 12.5. The molecule has 0 atom stereocenters. The van der Waals surface area contributed by atoms with E-state index in [1.807, 2.05) is 0 Å². The summed E-state index contributed by atoms with van der Waals surface area (Å²) in [6.07, 6.45) is 3.17. The lowest BCUT2D eigenvalue weighted by Gasteiger charge is -2.28. The Kier molecular flexibility index (Phi) is 5.25. The van der Waals surface area contributed by atoms with Gasteiger partial charge in [-0.15, -0.1) is 0 Å². The Balaban J connectivity index is 2.00. The number of hydrogen-bond acceptors (Lipinski definition) is 4. The van der Waals surface area contributed by atoms with Crippen LogP contribution in [0.2, 0.25) is 10.3 Å². The van der Waals surface area contributed by atoms with Crippen molar-refractivity contribution in [3.05, 3.63) is 46.2 Å². The van der Waals surface area contributed by atoms with Crippen LogP contribution in [-0.2, 0) is 0 Å². The maximum atomic E-state index is 15.6. The summed E-state index contributed by atoms with van der Waals surface area (Å²) in [6, 6.07) is 5.83. The van der Waals surface area contributed by atoms with Crippen LogP contribution in [0.25, 0.3) is 22.0 Å². The molecule has 4 rings (SSSR count). The van der Waals surface area contributed by atoms with Crippen molar-refractivity contribution in [3.8, 4) is 16.9 Å². The highest BCUT2D eigenvalue weighted by Crippen LogP contribution is 2.42. The average Bonchev–Trinajstić information content (AvgIpc) is 2.70. The largest absolute Gasteiger partial charge is 0.496 e. The highest BCUT2D eigenvalue weighted by molar-refractivity contribution is 6.34. The Morgan fingerprint density at radius 2 is 1.79 bits per heavy atom. The normalized spacial score (nSPS) is 14.5. The first-order valence-electron chi connectivity index (χ1n) is 8.94. The lowest BCUT2D eigenvalue weighted by molar-refractivity contribution is 0.413. The number of piperidine rings is 1. The Morgan fingerprint density at radius 3 is 2.50 bits per heavy atom. The summed E-state index contributed by atoms with van der Waals surface area (Å²) in [7, 11) is 1.39. The zero-order valence-electron chi connectivity index (χ0n) is 15.1. The minimum Gasteiger partial charge on any atom is -0.496 e. The monoisotopic (exact) mass is 423 g/mol. The van der Waals surface area contributed by atoms with Gasteiger partial charge in [0.25, 0.3) is 0 Å². The van der Waals surface area contributed by atoms with Crippen LogP contribution in [0.4, 0.5) is 14.6 Å². The van der Waals surface area contributed by atoms with Gasteiger partial charge in [-0.3, -0.25) is 0 Å². The van der Waals surface area contributed by atoms with Gasteiger partial charge in [0.2, 0.25) is 5.28 Å². The lowest BCUT2D eigenvalue weighted by atomic mass is 10.0. The van der Waals surface area contributed by atoms with E-state index in [2.05, 4.69) is 14.9 Å². The second kappa shape index (κ2) is 7.68. The molecule has 1 aromatic heterocycles. The van der Waals surface area contributed by atoms with Crippen molar-refractivity contribution >= 4 is 39.9 Å². The number of hydrogen-bond donors (Lipinski definition) is 0. The number of methoxy groups -OCH3 is 1. The van der Waals surface area contributed by atoms with Gasteiger partial charge in [0.1, 0.15) is 22.9 Å². The third kappa shape index (κ3) is 3.25. The molecule has 3 aromatic rings. The van der Waals surface area contributed by atoms with Gasteiger partial charge in [0.15, 0.2) is 5.82 Å². The van der Waals surface area contributed by atoms with Gasteiger partial charge in [0.05, 0.1) is 17.7 Å². The predicted octanol–water partition coefficient (Wildman–Crippen LogP) is 5.88. The molecular formula is C20H17Cl2F2N3O. The van der Waals surface area contributed by atoms with Crippen molar-refractivity contribution in [2.75, 3.05) is 25.1 Å². The number of ether oxygens (including phenoxy) is 1. The highest BCUT2D eigenvalue weighted by atomic mass is 35.5. The molecule has 0 amide bonds. The standard InChI is InChI=1S/C20H17Cl2F2N3O/c1-28-14-7-5-6-13(23)16(14)15-12(21)10-11-18(17(15)24)25-20(22)26-19(11)27-8-3-2-4-9-27/h5-7,10H,2-4,8-9H2,1H3. The third-order valence-electron chi connectivity index (χ3n) is 4.94. The van der Waals surface area contributed by atoms with Crippen molar-refractivity contribution in [1.29, 1.82) is 0 Å². The van der Waals surface area contributed by atoms with Crippen LogP contribution in [0.15, 0.2) is 24.3 Å². The van der Waals surface area contributed by atoms with E-state index in [4.69, 9.17) is 27.9 Å². The molecule has 1 saturated heterocycles. The molecule has 2 heterocycles. The highest BCUT2D eigenvalue weighted by Gasteiger charge is 2.25. The van der Waals surface area contributed by atoms with Gasteiger partial charge in [-0.1, -0.05) is 17.7 Å². The zero-order chi connectivity index (χ0) is 19.8. The number of aromatic nitrogens is 2. The van der Waals surface area contributed by atoms with Gasteiger partial charge < -0.3 is 9.64 Å². The topological polar surface area (TPSA) is 38.2 Å². The third-order valence-corrected chi connectivity index (χ3v) is 5.40. The molecule has 0 N–H and O–H groups in total. The van der Waals surface area contributed by atoms with Gasteiger partial charge in [-0.25, -0.2) is 13.8 Å². The summed E-state index contributed by atoms with van der Waals surface area (Å²) in [5.74, 6) is -0.677. The van der Waals surface area contributed by atoms with Crippen molar-refractivity contribution in [3.63, 3.8) is 0 Å². The van der Waals surface area contributed by atoms with Gasteiger partial charge in [0, 0.05) is 24.0 Å². The number of benzene rings is 2. The molecule has 1 aliphatic rings. The second-order valence-corrected chi connectivity index (χ2v) is 7.37. The van der Waals surface area contributed by atoms with Crippen LogP contribution >= 0.6 is 23.2 Å². The van der Waals surface area contributed by atoms with Crippen LogP contribution in [0.5, 0.6) is 5.75 Å². The molecular weight excluding hydrogens is 407 g/mol. The summed E-state index contributed by atoms with van der Waals surface area (Å²) in [5.41, 5.74) is -0.155. The molecule has 1 aliphatic heterocycles. The molecule has 2 aromatic carbocycles. The van der Waals surface area contributed by atoms with Crippen LogP contribution in [-0.4, -0.2) is 30.2 Å². The molecule has 8 heteroatoms. The number of nitrogens with zero attached hydrogens (tertiary/aromatic N) is 3. The van der Waals surface area contributed by atoms with Gasteiger partial charge in [-0.05, 0) is 49.1 Å². The SMILES string of the molecule is COc1cccc(F)c1-c1c(Cl)cc2c(N3CCCCC3)nc(Cl)nc2c1F. The molecule has 0 radical (unpaired) electrons. The maximum Gasteiger partial charge on any atom is 0.225 e. The number of rotatable bonds is 3. The maximum absolute atomic E-state index is 15.6. The van der Waals surface area contributed by atoms with Crippen LogP contribution in [0.3, 0.4) is 0 Å². The van der Waals surface area contributed by atoms with Crippen LogP contribution < -0.4 is 9.64 Å². The Morgan fingerprint density at radius 1 is 1.04 bits per heavy atom. The summed E-state index contributed by atoms with van der Waals surface area (Å²) in [5, 5.41) is 0.436. The van der Waals surface area contributed by atoms with Crippen molar-refractivity contribution in [2.24, 2.45) is 0 Å². The Labute approximate surface area is 171 Å². The summed E-state index contributed by atoms with van der Waals surface area (Å²) < 4.78 is 35.3. The van der Waals surface area contributed by atoms with E-state index in [0.29, 0.717) is 11.2 Å². The number of fused-ring (bicyclic) bond motifs is 1. The molecule has 0 bridgehead atoms. The van der Waals surface area contributed by atoms with Gasteiger partial charge in [-0.2, -0.15) is 4.98 Å². The van der Waals surface area contributed by atoms with Crippen LogP contribution in [0, 0.1) is 11.6 Å². The van der Waals surface area contributed by atoms with E-state index in [0.717, 1.165) is 32.4 Å². The fourth-order valence-electron chi connectivity index (χ4n) is 3.65. The molecule has 28 heavy (non-hydrogen) atoms. The predicted molar refractivity (Wildman–Crippen MR) is 108 cm³/mol. The minimum absolute atomic E-state index is 0.00489. The molecule has 1 fully saturated rings. The van der Waals surface area contributed by atoms with Crippen LogP contribution in [0.1, 0.15) is 19.3 Å². The molecule has 0 aliphatic carbocycles. The molecule has 4 nitrogen and oxygen atoms in total. The first-order chi connectivity index (χ1) is 13.5. The van der Waals surface area contributed by atoms with E-state index < -0.39 is 11.6 Å². The Hall–Kier alpha value is -2.18. The first-order valence-corrected chi connectivity index (χ1v) is 9.70. The van der Waals surface area contributed by atoms with E-state index in [9.17, 15) is 4.39 Å². The smallest absolute Gasteiger partial charge is 0.225 e. The lowest BCUT2D eigenvalue weighted by Crippen LogP contribution is -2.30. The fourth-order valence-corrected chi connectivity index (χ4v) is 4.10. The molecule has 0 unspecified atom stereocenters. The molecule has 0 saturated carbocycles. The fraction of sp³-hybridized carbons (Fsp3) is 0.300. The van der Waals surface area contributed by atoms with E-state index >= 15 is 4.39 Å². The van der Waals surface area contributed by atoms with Crippen molar-refractivity contribution in [2.45, 2.75) is 19.3 Å². The average molecular weight is 424 g/mol. The van der Waals surface area contributed by atoms with Crippen molar-refractivity contribution in [1.82, 2.24) is 9.97 Å². The van der Waals surface area contributed by atoms with E-state index in [1.54, 1.807) is 12.1 Å². The summed E-state index contributed by atoms with van der Waals surface area (Å²) in [4.78, 5) is 10.4. The minimum atomic E-state index is -0.756. The quantitative estimate of drug-likeness (QED) is 0.492. The Bertz CT molecular complexity index is 1060.